The van der Waals surface area contributed by atoms with E-state index >= 15 is 0 Å². The Kier molecular flexibility index (Phi) is 8.32. The van der Waals surface area contributed by atoms with Crippen LogP contribution in [-0.4, -0.2) is 38.6 Å². The quantitative estimate of drug-likeness (QED) is 0.638. The first-order valence-electron chi connectivity index (χ1n) is 5.56. The molecule has 0 unspecified atom stereocenters. The monoisotopic (exact) mass is 287 g/mol. The van der Waals surface area contributed by atoms with Crippen molar-refractivity contribution >= 4 is 24.2 Å². The normalized spacial score (nSPS) is 9.16. The van der Waals surface area contributed by atoms with Crippen molar-refractivity contribution in [3.8, 4) is 5.75 Å². The molecule has 0 aliphatic heterocycles. The molecule has 0 aliphatic carbocycles. The van der Waals surface area contributed by atoms with Gasteiger partial charge in [0.25, 0.3) is 5.91 Å². The van der Waals surface area contributed by atoms with Gasteiger partial charge in [-0.2, -0.15) is 0 Å². The van der Waals surface area contributed by atoms with Crippen LogP contribution < -0.4 is 21.1 Å². The van der Waals surface area contributed by atoms with Gasteiger partial charge in [-0.15, -0.1) is 12.4 Å². The van der Waals surface area contributed by atoms with Gasteiger partial charge in [0.15, 0.2) is 0 Å². The van der Waals surface area contributed by atoms with Crippen molar-refractivity contribution in [1.82, 2.24) is 10.6 Å². The lowest BCUT2D eigenvalue weighted by Crippen LogP contribution is -2.37. The van der Waals surface area contributed by atoms with Crippen molar-refractivity contribution in [2.24, 2.45) is 5.73 Å². The minimum atomic E-state index is -0.242. The van der Waals surface area contributed by atoms with Gasteiger partial charge in [0.2, 0.25) is 5.91 Å². The second-order valence-electron chi connectivity index (χ2n) is 3.54. The van der Waals surface area contributed by atoms with Gasteiger partial charge >= 0.3 is 0 Å². The van der Waals surface area contributed by atoms with E-state index in [2.05, 4.69) is 10.6 Å². The number of rotatable bonds is 6. The summed E-state index contributed by atoms with van der Waals surface area (Å²) in [6.45, 7) is 0.668. The molecule has 19 heavy (non-hydrogen) atoms. The van der Waals surface area contributed by atoms with Crippen LogP contribution in [0.15, 0.2) is 24.3 Å². The lowest BCUT2D eigenvalue weighted by Gasteiger charge is -2.07. The fraction of sp³-hybridized carbons (Fsp3) is 0.333. The van der Waals surface area contributed by atoms with Crippen LogP contribution >= 0.6 is 12.4 Å². The van der Waals surface area contributed by atoms with E-state index in [0.29, 0.717) is 24.4 Å². The molecule has 1 rings (SSSR count). The predicted molar refractivity (Wildman–Crippen MR) is 74.6 cm³/mol. The number of ether oxygens (including phenoxy) is 1. The van der Waals surface area contributed by atoms with Gasteiger partial charge in [0.05, 0.1) is 13.7 Å². The SMILES string of the molecule is COc1ccc(C(=O)NCCNC(=O)CN)cc1.Cl. The van der Waals surface area contributed by atoms with E-state index in [9.17, 15) is 9.59 Å². The molecule has 0 aromatic heterocycles. The van der Waals surface area contributed by atoms with Crippen LogP contribution in [0.1, 0.15) is 10.4 Å². The van der Waals surface area contributed by atoms with Gasteiger partial charge in [-0.25, -0.2) is 0 Å². The highest BCUT2D eigenvalue weighted by Crippen LogP contribution is 2.10. The Morgan fingerprint density at radius 2 is 1.74 bits per heavy atom. The minimum Gasteiger partial charge on any atom is -0.497 e. The van der Waals surface area contributed by atoms with E-state index < -0.39 is 0 Å². The Morgan fingerprint density at radius 3 is 2.26 bits per heavy atom. The van der Waals surface area contributed by atoms with Crippen molar-refractivity contribution in [2.75, 3.05) is 26.7 Å². The van der Waals surface area contributed by atoms with Gasteiger partial charge in [0.1, 0.15) is 5.75 Å². The Balaban J connectivity index is 0.00000324. The molecule has 106 valence electrons. The van der Waals surface area contributed by atoms with Crippen LogP contribution in [0.2, 0.25) is 0 Å². The molecule has 0 aliphatic rings. The van der Waals surface area contributed by atoms with E-state index in [4.69, 9.17) is 10.5 Å². The third-order valence-corrected chi connectivity index (χ3v) is 2.27. The van der Waals surface area contributed by atoms with Crippen LogP contribution in [0, 0.1) is 0 Å². The summed E-state index contributed by atoms with van der Waals surface area (Å²) in [5.41, 5.74) is 5.66. The van der Waals surface area contributed by atoms with E-state index in [1.165, 1.54) is 0 Å². The van der Waals surface area contributed by atoms with Crippen molar-refractivity contribution in [1.29, 1.82) is 0 Å². The highest BCUT2D eigenvalue weighted by Gasteiger charge is 2.04. The topological polar surface area (TPSA) is 93.5 Å². The number of benzene rings is 1. The van der Waals surface area contributed by atoms with Crippen LogP contribution in [0.4, 0.5) is 0 Å². The van der Waals surface area contributed by atoms with E-state index in [1.807, 2.05) is 0 Å². The number of hydrogen-bond acceptors (Lipinski definition) is 4. The van der Waals surface area contributed by atoms with Crippen LogP contribution in [0.5, 0.6) is 5.75 Å². The number of halogens is 1. The molecule has 6 nitrogen and oxygen atoms in total. The molecular formula is C12H18ClN3O3. The zero-order valence-corrected chi connectivity index (χ0v) is 11.5. The maximum absolute atomic E-state index is 11.7. The summed E-state index contributed by atoms with van der Waals surface area (Å²) in [6.07, 6.45) is 0. The Hall–Kier alpha value is -1.79. The number of carbonyl (C=O) groups excluding carboxylic acids is 2. The van der Waals surface area contributed by atoms with Gasteiger partial charge < -0.3 is 21.1 Å². The summed E-state index contributed by atoms with van der Waals surface area (Å²) in [7, 11) is 1.56. The first kappa shape index (κ1) is 17.2. The maximum atomic E-state index is 11.7. The predicted octanol–water partition coefficient (Wildman–Crippen LogP) is -0.0783. The zero-order valence-electron chi connectivity index (χ0n) is 10.6. The van der Waals surface area contributed by atoms with Gasteiger partial charge in [-0.05, 0) is 24.3 Å². The number of carbonyl (C=O) groups is 2. The van der Waals surface area contributed by atoms with E-state index in [1.54, 1.807) is 31.4 Å². The highest BCUT2D eigenvalue weighted by molar-refractivity contribution is 5.94. The smallest absolute Gasteiger partial charge is 0.251 e. The summed E-state index contributed by atoms with van der Waals surface area (Å²) < 4.78 is 5.00. The lowest BCUT2D eigenvalue weighted by atomic mass is 10.2. The maximum Gasteiger partial charge on any atom is 0.251 e. The second-order valence-corrected chi connectivity index (χ2v) is 3.54. The van der Waals surface area contributed by atoms with Gasteiger partial charge in [0, 0.05) is 18.7 Å². The third-order valence-electron chi connectivity index (χ3n) is 2.27. The highest BCUT2D eigenvalue weighted by atomic mass is 35.5. The van der Waals surface area contributed by atoms with Gasteiger partial charge in [-0.1, -0.05) is 0 Å². The van der Waals surface area contributed by atoms with Gasteiger partial charge in [-0.3, -0.25) is 9.59 Å². The number of methoxy groups -OCH3 is 1. The molecule has 1 aromatic rings. The Bertz CT molecular complexity index is 409. The zero-order chi connectivity index (χ0) is 13.4. The van der Waals surface area contributed by atoms with E-state index in [0.717, 1.165) is 0 Å². The summed E-state index contributed by atoms with van der Waals surface area (Å²) >= 11 is 0. The van der Waals surface area contributed by atoms with Crippen LogP contribution in [0.25, 0.3) is 0 Å². The molecular weight excluding hydrogens is 270 g/mol. The summed E-state index contributed by atoms with van der Waals surface area (Å²) in [6, 6.07) is 6.77. The molecule has 0 bridgehead atoms. The largest absolute Gasteiger partial charge is 0.497 e. The molecule has 0 saturated heterocycles. The molecule has 0 saturated carbocycles. The summed E-state index contributed by atoms with van der Waals surface area (Å²) in [5.74, 6) is 0.259. The molecule has 0 fully saturated rings. The van der Waals surface area contributed by atoms with Crippen LogP contribution in [-0.2, 0) is 4.79 Å². The molecule has 0 atom stereocenters. The summed E-state index contributed by atoms with van der Waals surface area (Å²) in [5, 5.41) is 5.24. The number of hydrogen-bond donors (Lipinski definition) is 3. The van der Waals surface area contributed by atoms with Crippen molar-refractivity contribution in [3.05, 3.63) is 29.8 Å². The molecule has 7 heteroatoms. The number of amides is 2. The average Bonchev–Trinajstić information content (AvgIpc) is 2.43. The second kappa shape index (κ2) is 9.18. The fourth-order valence-electron chi connectivity index (χ4n) is 1.29. The molecule has 4 N–H and O–H groups in total. The van der Waals surface area contributed by atoms with E-state index in [-0.39, 0.29) is 30.8 Å². The number of nitrogens with two attached hydrogens (primary N) is 1. The Labute approximate surface area is 118 Å². The molecule has 2 amide bonds. The molecule has 0 radical (unpaired) electrons. The van der Waals surface area contributed by atoms with Crippen molar-refractivity contribution in [3.63, 3.8) is 0 Å². The average molecular weight is 288 g/mol. The Morgan fingerprint density at radius 1 is 1.16 bits per heavy atom. The van der Waals surface area contributed by atoms with Crippen LogP contribution in [0.3, 0.4) is 0 Å². The summed E-state index contributed by atoms with van der Waals surface area (Å²) in [4.78, 5) is 22.5. The molecule has 1 aromatic carbocycles. The molecule has 0 spiro atoms. The third kappa shape index (κ3) is 6.08. The van der Waals surface area contributed by atoms with Crippen molar-refractivity contribution in [2.45, 2.75) is 0 Å². The lowest BCUT2D eigenvalue weighted by molar-refractivity contribution is -0.119. The standard InChI is InChI=1S/C12H17N3O3.ClH/c1-18-10-4-2-9(3-5-10)12(17)15-7-6-14-11(16)8-13;/h2-5H,6-8,13H2,1H3,(H,14,16)(H,15,17);1H. The number of nitrogens with one attached hydrogen (secondary N) is 2. The first-order valence-corrected chi connectivity index (χ1v) is 5.56. The first-order chi connectivity index (χ1) is 8.67. The fourth-order valence-corrected chi connectivity index (χ4v) is 1.29. The molecule has 0 heterocycles. The van der Waals surface area contributed by atoms with Crippen molar-refractivity contribution < 1.29 is 14.3 Å². The minimum absolute atomic E-state index is 0.